The van der Waals surface area contributed by atoms with Gasteiger partial charge in [0.15, 0.2) is 5.78 Å². The standard InChI is InChI=1S/C21H30O3/c1-7-10-14(4)12-13-17-20(23)19(18(22)11-8-2)16(9-3)15(5)21(17)24-6/h7,12,23H,1,8-11,13H2,2-6H3/b14-12+. The zero-order valence-electron chi connectivity index (χ0n) is 15.7. The van der Waals surface area contributed by atoms with E-state index < -0.39 is 0 Å². The third-order valence-corrected chi connectivity index (χ3v) is 4.33. The Balaban J connectivity index is 3.54. The first-order chi connectivity index (χ1) is 11.4. The van der Waals surface area contributed by atoms with E-state index in [2.05, 4.69) is 12.7 Å². The normalized spacial score (nSPS) is 11.5. The molecule has 0 unspecified atom stereocenters. The fourth-order valence-corrected chi connectivity index (χ4v) is 3.10. The van der Waals surface area contributed by atoms with E-state index in [1.165, 1.54) is 5.57 Å². The number of hydrogen-bond donors (Lipinski definition) is 1. The number of phenols is 1. The summed E-state index contributed by atoms with van der Waals surface area (Å²) in [6.45, 7) is 11.7. The van der Waals surface area contributed by atoms with Crippen LogP contribution in [-0.2, 0) is 12.8 Å². The number of rotatable bonds is 9. The second-order valence-corrected chi connectivity index (χ2v) is 6.11. The third kappa shape index (κ3) is 4.28. The zero-order chi connectivity index (χ0) is 18.3. The molecule has 0 aliphatic carbocycles. The van der Waals surface area contributed by atoms with Crippen LogP contribution in [0.1, 0.15) is 67.1 Å². The van der Waals surface area contributed by atoms with Crippen molar-refractivity contribution in [1.82, 2.24) is 0 Å². The van der Waals surface area contributed by atoms with Gasteiger partial charge in [-0.15, -0.1) is 6.58 Å². The number of benzene rings is 1. The third-order valence-electron chi connectivity index (χ3n) is 4.33. The molecule has 3 nitrogen and oxygen atoms in total. The van der Waals surface area contributed by atoms with Crippen LogP contribution in [0.5, 0.6) is 11.5 Å². The van der Waals surface area contributed by atoms with E-state index in [0.29, 0.717) is 36.1 Å². The Hall–Kier alpha value is -2.03. The molecule has 1 rings (SSSR count). The topological polar surface area (TPSA) is 46.5 Å². The van der Waals surface area contributed by atoms with Gasteiger partial charge >= 0.3 is 0 Å². The Kier molecular flexibility index (Phi) is 7.76. The van der Waals surface area contributed by atoms with Crippen LogP contribution in [0, 0.1) is 6.92 Å². The molecule has 1 N–H and O–H groups in total. The molecule has 1 aromatic rings. The summed E-state index contributed by atoms with van der Waals surface area (Å²) in [4.78, 5) is 12.6. The van der Waals surface area contributed by atoms with E-state index in [-0.39, 0.29) is 11.5 Å². The van der Waals surface area contributed by atoms with Crippen LogP contribution in [0.2, 0.25) is 0 Å². The number of Topliss-reactive ketones (excluding diaryl/α,β-unsaturated/α-hetero) is 1. The van der Waals surface area contributed by atoms with E-state index in [4.69, 9.17) is 4.74 Å². The Morgan fingerprint density at radius 2 is 1.96 bits per heavy atom. The molecular weight excluding hydrogens is 300 g/mol. The highest BCUT2D eigenvalue weighted by Crippen LogP contribution is 2.40. The zero-order valence-corrected chi connectivity index (χ0v) is 15.7. The molecule has 0 radical (unpaired) electrons. The lowest BCUT2D eigenvalue weighted by Gasteiger charge is -2.20. The second-order valence-electron chi connectivity index (χ2n) is 6.11. The SMILES string of the molecule is C=CC/C(C)=C/Cc1c(O)c(C(=O)CCC)c(CC)c(C)c1OC. The summed E-state index contributed by atoms with van der Waals surface area (Å²) >= 11 is 0. The van der Waals surface area contributed by atoms with Crippen molar-refractivity contribution in [1.29, 1.82) is 0 Å². The Morgan fingerprint density at radius 1 is 1.29 bits per heavy atom. The quantitative estimate of drug-likeness (QED) is 0.492. The van der Waals surface area contributed by atoms with Crippen molar-refractivity contribution >= 4 is 5.78 Å². The van der Waals surface area contributed by atoms with Crippen molar-refractivity contribution in [2.75, 3.05) is 7.11 Å². The fraction of sp³-hybridized carbons (Fsp3) is 0.476. The van der Waals surface area contributed by atoms with Gasteiger partial charge in [0.25, 0.3) is 0 Å². The Bertz CT molecular complexity index is 639. The number of allylic oxidation sites excluding steroid dienone is 3. The van der Waals surface area contributed by atoms with E-state index >= 15 is 0 Å². The van der Waals surface area contributed by atoms with E-state index in [0.717, 1.165) is 24.0 Å². The summed E-state index contributed by atoms with van der Waals surface area (Å²) in [5, 5.41) is 10.8. The highest BCUT2D eigenvalue weighted by Gasteiger charge is 2.24. The van der Waals surface area contributed by atoms with Crippen molar-refractivity contribution < 1.29 is 14.6 Å². The molecule has 1 aromatic carbocycles. The largest absolute Gasteiger partial charge is 0.507 e. The number of phenolic OH excluding ortho intramolecular Hbond substituents is 1. The summed E-state index contributed by atoms with van der Waals surface area (Å²) in [6.07, 6.45) is 7.13. The highest BCUT2D eigenvalue weighted by atomic mass is 16.5. The van der Waals surface area contributed by atoms with Crippen molar-refractivity contribution in [2.45, 2.75) is 59.8 Å². The van der Waals surface area contributed by atoms with E-state index in [1.807, 2.05) is 33.8 Å². The van der Waals surface area contributed by atoms with Gasteiger partial charge in [-0.05, 0) is 50.7 Å². The van der Waals surface area contributed by atoms with Gasteiger partial charge in [0, 0.05) is 12.0 Å². The van der Waals surface area contributed by atoms with Crippen LogP contribution in [-0.4, -0.2) is 18.0 Å². The first kappa shape index (κ1) is 20.0. The molecule has 0 amide bonds. The summed E-state index contributed by atoms with van der Waals surface area (Å²) in [7, 11) is 1.61. The van der Waals surface area contributed by atoms with Gasteiger partial charge in [-0.2, -0.15) is 0 Å². The average molecular weight is 330 g/mol. The molecule has 0 fully saturated rings. The Labute approximate surface area is 146 Å². The molecule has 0 saturated carbocycles. The lowest BCUT2D eigenvalue weighted by molar-refractivity contribution is 0.0978. The molecule has 0 aromatic heterocycles. The van der Waals surface area contributed by atoms with Crippen LogP contribution < -0.4 is 4.74 Å². The predicted octanol–water partition coefficient (Wildman–Crippen LogP) is 5.32. The molecule has 132 valence electrons. The van der Waals surface area contributed by atoms with Gasteiger partial charge < -0.3 is 9.84 Å². The van der Waals surface area contributed by atoms with Gasteiger partial charge in [0.2, 0.25) is 0 Å². The monoisotopic (exact) mass is 330 g/mol. The summed E-state index contributed by atoms with van der Waals surface area (Å²) in [6, 6.07) is 0. The molecule has 0 bridgehead atoms. The molecule has 24 heavy (non-hydrogen) atoms. The molecule has 0 aliphatic rings. The number of ketones is 1. The maximum Gasteiger partial charge on any atom is 0.166 e. The molecule has 0 atom stereocenters. The van der Waals surface area contributed by atoms with Gasteiger partial charge in [-0.25, -0.2) is 0 Å². The maximum absolute atomic E-state index is 12.6. The van der Waals surface area contributed by atoms with Gasteiger partial charge in [-0.3, -0.25) is 4.79 Å². The molecule has 0 heterocycles. The first-order valence-corrected chi connectivity index (χ1v) is 8.63. The number of hydrogen-bond acceptors (Lipinski definition) is 3. The van der Waals surface area contributed by atoms with Crippen LogP contribution >= 0.6 is 0 Å². The summed E-state index contributed by atoms with van der Waals surface area (Å²) in [5.74, 6) is 0.765. The fourth-order valence-electron chi connectivity index (χ4n) is 3.10. The second kappa shape index (κ2) is 9.31. The molecular formula is C21H30O3. The van der Waals surface area contributed by atoms with E-state index in [1.54, 1.807) is 7.11 Å². The molecule has 0 saturated heterocycles. The number of ether oxygens (including phenoxy) is 1. The minimum Gasteiger partial charge on any atom is -0.507 e. The van der Waals surface area contributed by atoms with Crippen molar-refractivity contribution in [3.05, 3.63) is 46.6 Å². The van der Waals surface area contributed by atoms with E-state index in [9.17, 15) is 9.90 Å². The van der Waals surface area contributed by atoms with Crippen LogP contribution in [0.3, 0.4) is 0 Å². The highest BCUT2D eigenvalue weighted by molar-refractivity contribution is 6.01. The maximum atomic E-state index is 12.6. The van der Waals surface area contributed by atoms with Crippen LogP contribution in [0.25, 0.3) is 0 Å². The van der Waals surface area contributed by atoms with Gasteiger partial charge in [-0.1, -0.05) is 31.6 Å². The van der Waals surface area contributed by atoms with Crippen molar-refractivity contribution in [2.24, 2.45) is 0 Å². The predicted molar refractivity (Wildman–Crippen MR) is 100 cm³/mol. The smallest absolute Gasteiger partial charge is 0.166 e. The lowest BCUT2D eigenvalue weighted by Crippen LogP contribution is -2.09. The number of methoxy groups -OCH3 is 1. The Morgan fingerprint density at radius 3 is 2.46 bits per heavy atom. The first-order valence-electron chi connectivity index (χ1n) is 8.63. The van der Waals surface area contributed by atoms with Gasteiger partial charge in [0.05, 0.1) is 12.7 Å². The van der Waals surface area contributed by atoms with Crippen molar-refractivity contribution in [3.63, 3.8) is 0 Å². The number of carbonyl (C=O) groups is 1. The molecule has 0 spiro atoms. The molecule has 0 aliphatic heterocycles. The number of carbonyl (C=O) groups excluding carboxylic acids is 1. The minimum atomic E-state index is 0.00523. The average Bonchev–Trinajstić information content (AvgIpc) is 2.55. The summed E-state index contributed by atoms with van der Waals surface area (Å²) in [5.41, 5.74) is 4.17. The van der Waals surface area contributed by atoms with Gasteiger partial charge in [0.1, 0.15) is 11.5 Å². The van der Waals surface area contributed by atoms with Crippen molar-refractivity contribution in [3.8, 4) is 11.5 Å². The van der Waals surface area contributed by atoms with Crippen LogP contribution in [0.4, 0.5) is 0 Å². The number of aromatic hydroxyl groups is 1. The minimum absolute atomic E-state index is 0.00523. The lowest BCUT2D eigenvalue weighted by atomic mass is 9.89. The summed E-state index contributed by atoms with van der Waals surface area (Å²) < 4.78 is 5.57. The van der Waals surface area contributed by atoms with Crippen LogP contribution in [0.15, 0.2) is 24.3 Å². The molecule has 3 heteroatoms.